The first-order valence-electron chi connectivity index (χ1n) is 12.3. The summed E-state index contributed by atoms with van der Waals surface area (Å²) in [6.07, 6.45) is -0.838. The number of amides is 2. The predicted molar refractivity (Wildman–Crippen MR) is 128 cm³/mol. The van der Waals surface area contributed by atoms with E-state index in [1.807, 2.05) is 32.3 Å². The van der Waals surface area contributed by atoms with Gasteiger partial charge in [0.05, 0.1) is 28.4 Å². The van der Waals surface area contributed by atoms with E-state index in [4.69, 9.17) is 13.6 Å². The molecule has 8 nitrogen and oxygen atoms in total. The van der Waals surface area contributed by atoms with E-state index in [9.17, 15) is 13.6 Å². The number of aromatic nitrogens is 3. The second-order valence-electron chi connectivity index (χ2n) is 8.07. The van der Waals surface area contributed by atoms with Crippen LogP contribution >= 0.6 is 0 Å². The van der Waals surface area contributed by atoms with Crippen LogP contribution in [0.2, 0.25) is 0 Å². The average molecular weight is 483 g/mol. The average Bonchev–Trinajstić information content (AvgIpc) is 3.22. The van der Waals surface area contributed by atoms with Gasteiger partial charge < -0.3 is 9.47 Å². The monoisotopic (exact) mass is 482 g/mol. The molecule has 1 unspecified atom stereocenters. The molecule has 35 heavy (non-hydrogen) atoms. The van der Waals surface area contributed by atoms with E-state index in [0.717, 1.165) is 10.9 Å². The van der Waals surface area contributed by atoms with Gasteiger partial charge in [-0.3, -0.25) is 9.58 Å². The van der Waals surface area contributed by atoms with Crippen molar-refractivity contribution in [1.82, 2.24) is 14.8 Å². The highest BCUT2D eigenvalue weighted by atomic mass is 19.3. The molecule has 1 atom stereocenters. The zero-order chi connectivity index (χ0) is 27.2. The highest BCUT2D eigenvalue weighted by Crippen LogP contribution is 2.43. The number of nitrogens with zero attached hydrogens (tertiary/aromatic N) is 5. The normalized spacial score (nSPS) is 17.2. The van der Waals surface area contributed by atoms with Gasteiger partial charge in [0.2, 0.25) is 5.88 Å². The molecule has 0 bridgehead atoms. The van der Waals surface area contributed by atoms with Crippen LogP contribution in [0.3, 0.4) is 0 Å². The van der Waals surface area contributed by atoms with Crippen LogP contribution in [-0.2, 0) is 7.05 Å². The molecule has 1 aliphatic heterocycles. The van der Waals surface area contributed by atoms with E-state index >= 15 is 0 Å². The number of rotatable bonds is 6. The lowest BCUT2D eigenvalue weighted by Gasteiger charge is -2.40. The number of carbonyl (C=O) groups is 1. The lowest BCUT2D eigenvalue weighted by atomic mass is 10.0. The molecule has 3 heterocycles. The van der Waals surface area contributed by atoms with Crippen molar-refractivity contribution in [2.75, 3.05) is 23.4 Å². The molecule has 180 valence electrons. The predicted octanol–water partition coefficient (Wildman–Crippen LogP) is 5.46. The van der Waals surface area contributed by atoms with Crippen LogP contribution < -0.4 is 19.3 Å². The van der Waals surface area contributed by atoms with Crippen molar-refractivity contribution in [2.45, 2.75) is 19.4 Å². The number of benzene rings is 2. The molecule has 2 aromatic heterocycles. The summed E-state index contributed by atoms with van der Waals surface area (Å²) in [7, 11) is -0.823. The molecule has 4 aromatic rings. The number of pyridine rings is 1. The summed E-state index contributed by atoms with van der Waals surface area (Å²) in [5.41, 5.74) is 2.42. The molecule has 0 aliphatic carbocycles. The van der Waals surface area contributed by atoms with E-state index in [2.05, 4.69) is 10.1 Å². The molecule has 0 N–H and O–H groups in total. The lowest BCUT2D eigenvalue weighted by molar-refractivity contribution is 0.0796. The number of hydrogen-bond acceptors (Lipinski definition) is 5. The Kier molecular flexibility index (Phi) is 4.84. The van der Waals surface area contributed by atoms with Gasteiger partial charge in [0.25, 0.3) is 6.43 Å². The third kappa shape index (κ3) is 4.11. The maximum Gasteiger partial charge on any atom is 0.335 e. The van der Waals surface area contributed by atoms with Gasteiger partial charge in [0.1, 0.15) is 5.75 Å². The van der Waals surface area contributed by atoms with Crippen LogP contribution in [0.25, 0.3) is 10.9 Å². The summed E-state index contributed by atoms with van der Waals surface area (Å²) in [4.78, 5) is 21.4. The Balaban J connectivity index is 1.60. The number of ether oxygens (including phenoxy) is 2. The number of anilines is 3. The van der Waals surface area contributed by atoms with E-state index in [1.54, 1.807) is 21.7 Å². The number of methoxy groups -OCH3 is 1. The quantitative estimate of drug-likeness (QED) is 0.365. The second-order valence-corrected chi connectivity index (χ2v) is 8.07. The summed E-state index contributed by atoms with van der Waals surface area (Å²) in [5, 5.41) is 5.23. The van der Waals surface area contributed by atoms with E-state index in [0.29, 0.717) is 16.9 Å². The third-order valence-corrected chi connectivity index (χ3v) is 5.78. The Morgan fingerprint density at radius 3 is 2.63 bits per heavy atom. The fourth-order valence-electron chi connectivity index (χ4n) is 4.20. The van der Waals surface area contributed by atoms with Gasteiger partial charge in [0, 0.05) is 35.9 Å². The number of urea groups is 1. The van der Waals surface area contributed by atoms with Gasteiger partial charge in [-0.25, -0.2) is 18.5 Å². The molecule has 2 aromatic carbocycles. The smallest absolute Gasteiger partial charge is 0.335 e. The van der Waals surface area contributed by atoms with Crippen molar-refractivity contribution in [3.8, 4) is 11.6 Å². The number of halogens is 2. The van der Waals surface area contributed by atoms with Gasteiger partial charge in [-0.15, -0.1) is 0 Å². The fraction of sp³-hybridized carbons (Fsp3) is 0.240. The first-order valence-corrected chi connectivity index (χ1v) is 10.8. The Morgan fingerprint density at radius 2 is 1.89 bits per heavy atom. The molecule has 0 radical (unpaired) electrons. The first kappa shape index (κ1) is 19.1. The number of fused-ring (bicyclic) bond motifs is 2. The Labute approximate surface area is 204 Å². The SMILES string of the molecule is [2H]C([2H])([2H])Oc1ccc(N2C(=O)N(c3ccc4nn(C)cc4c3)C(C)c3ccc(OCC(F)F)nc32)cc1. The maximum atomic E-state index is 14.0. The zero-order valence-electron chi connectivity index (χ0n) is 21.9. The molecule has 2 amide bonds. The van der Waals surface area contributed by atoms with Crippen LogP contribution in [0.4, 0.5) is 30.8 Å². The zero-order valence-corrected chi connectivity index (χ0v) is 18.9. The highest BCUT2D eigenvalue weighted by Gasteiger charge is 2.39. The van der Waals surface area contributed by atoms with Crippen LogP contribution in [0.5, 0.6) is 11.6 Å². The summed E-state index contributed by atoms with van der Waals surface area (Å²) in [6, 6.07) is 13.7. The largest absolute Gasteiger partial charge is 0.497 e. The van der Waals surface area contributed by atoms with Crippen molar-refractivity contribution in [2.24, 2.45) is 7.05 Å². The Bertz CT molecular complexity index is 1490. The number of carbonyl (C=O) groups excluding carboxylic acids is 1. The maximum absolute atomic E-state index is 14.0. The van der Waals surface area contributed by atoms with Crippen molar-refractivity contribution in [3.63, 3.8) is 0 Å². The number of aryl methyl sites for hydroxylation is 1. The third-order valence-electron chi connectivity index (χ3n) is 5.78. The van der Waals surface area contributed by atoms with Gasteiger partial charge in [-0.2, -0.15) is 10.1 Å². The van der Waals surface area contributed by atoms with Gasteiger partial charge in [-0.05, 0) is 55.5 Å². The summed E-state index contributed by atoms with van der Waals surface area (Å²) < 4.78 is 59.1. The molecule has 0 spiro atoms. The molecule has 0 fully saturated rings. The van der Waals surface area contributed by atoms with E-state index in [1.165, 1.54) is 35.2 Å². The van der Waals surface area contributed by atoms with Crippen molar-refractivity contribution >= 4 is 34.1 Å². The van der Waals surface area contributed by atoms with Crippen LogP contribution in [-0.4, -0.2) is 40.9 Å². The number of alkyl halides is 2. The van der Waals surface area contributed by atoms with Crippen LogP contribution in [0.1, 0.15) is 22.6 Å². The van der Waals surface area contributed by atoms with Crippen molar-refractivity contribution < 1.29 is 27.2 Å². The lowest BCUT2D eigenvalue weighted by Crippen LogP contribution is -2.47. The number of hydrogen-bond donors (Lipinski definition) is 0. The molecular formula is C25H23F2N5O3. The minimum Gasteiger partial charge on any atom is -0.497 e. The molecule has 0 saturated heterocycles. The van der Waals surface area contributed by atoms with Gasteiger partial charge in [-0.1, -0.05) is 0 Å². The summed E-state index contributed by atoms with van der Waals surface area (Å²) in [6.45, 7) is 1.00. The molecule has 5 rings (SSSR count). The van der Waals surface area contributed by atoms with Crippen LogP contribution in [0, 0.1) is 0 Å². The fourth-order valence-corrected chi connectivity index (χ4v) is 4.20. The minimum absolute atomic E-state index is 0.0540. The highest BCUT2D eigenvalue weighted by molar-refractivity contribution is 6.11. The minimum atomic E-state index is -2.69. The molecule has 1 aliphatic rings. The molecule has 0 saturated carbocycles. The Hall–Kier alpha value is -4.21. The Morgan fingerprint density at radius 1 is 1.11 bits per heavy atom. The van der Waals surface area contributed by atoms with Gasteiger partial charge >= 0.3 is 6.03 Å². The first-order chi connectivity index (χ1) is 18.0. The van der Waals surface area contributed by atoms with E-state index < -0.39 is 32.1 Å². The summed E-state index contributed by atoms with van der Waals surface area (Å²) >= 11 is 0. The van der Waals surface area contributed by atoms with Crippen molar-refractivity contribution in [1.29, 1.82) is 0 Å². The second kappa shape index (κ2) is 8.86. The topological polar surface area (TPSA) is 72.7 Å². The standard InChI is InChI=1S/C25H23F2N5O3/c1-15-20-9-11-23(35-14-22(26)27)28-24(20)32(17-4-7-19(34-3)8-5-17)25(33)31(15)18-6-10-21-16(12-18)13-30(2)29-21/h4-13,15,22H,14H2,1-3H3/i3D3. The van der Waals surface area contributed by atoms with Crippen LogP contribution in [0.15, 0.2) is 60.8 Å². The molecular weight excluding hydrogens is 456 g/mol. The van der Waals surface area contributed by atoms with Crippen molar-refractivity contribution in [3.05, 3.63) is 66.4 Å². The van der Waals surface area contributed by atoms with E-state index in [-0.39, 0.29) is 17.4 Å². The summed E-state index contributed by atoms with van der Waals surface area (Å²) in [5.74, 6) is 0.256. The molecule has 10 heteroatoms. The van der Waals surface area contributed by atoms with Gasteiger partial charge in [0.15, 0.2) is 12.4 Å².